The van der Waals surface area contributed by atoms with E-state index in [0.29, 0.717) is 6.61 Å². The maximum Gasteiger partial charge on any atom is 0.407 e. The molecule has 19 heavy (non-hydrogen) atoms. The van der Waals surface area contributed by atoms with Crippen LogP contribution in [0.4, 0.5) is 4.79 Å². The predicted octanol–water partition coefficient (Wildman–Crippen LogP) is 2.63. The molecule has 0 saturated heterocycles. The van der Waals surface area contributed by atoms with Crippen LogP contribution in [-0.4, -0.2) is 30.3 Å². The van der Waals surface area contributed by atoms with Crippen molar-refractivity contribution in [1.82, 2.24) is 5.32 Å². The van der Waals surface area contributed by atoms with Crippen molar-refractivity contribution in [2.45, 2.75) is 65.0 Å². The minimum absolute atomic E-state index is 0.178. The lowest BCUT2D eigenvalue weighted by Gasteiger charge is -2.31. The van der Waals surface area contributed by atoms with E-state index in [0.717, 1.165) is 25.7 Å². The van der Waals surface area contributed by atoms with Crippen LogP contribution in [0.2, 0.25) is 0 Å². The van der Waals surface area contributed by atoms with Gasteiger partial charge in [-0.2, -0.15) is 0 Å². The van der Waals surface area contributed by atoms with Gasteiger partial charge in [0, 0.05) is 6.04 Å². The molecule has 1 fully saturated rings. The van der Waals surface area contributed by atoms with Gasteiger partial charge in [-0.3, -0.25) is 4.79 Å². The fraction of sp³-hybridized carbons (Fsp3) is 0.857. The van der Waals surface area contributed by atoms with Crippen LogP contribution in [0.15, 0.2) is 0 Å². The van der Waals surface area contributed by atoms with E-state index in [1.165, 1.54) is 0 Å². The van der Waals surface area contributed by atoms with Crippen molar-refractivity contribution in [2.24, 2.45) is 5.92 Å². The largest absolute Gasteiger partial charge is 0.466 e. The van der Waals surface area contributed by atoms with Gasteiger partial charge >= 0.3 is 12.1 Å². The van der Waals surface area contributed by atoms with Gasteiger partial charge in [0.2, 0.25) is 0 Å². The van der Waals surface area contributed by atoms with Crippen LogP contribution in [0, 0.1) is 5.92 Å². The molecule has 0 aromatic rings. The Balaban J connectivity index is 2.57. The fourth-order valence-electron chi connectivity index (χ4n) is 2.29. The molecular formula is C14H25NO4. The molecule has 0 aromatic carbocycles. The molecule has 2 unspecified atom stereocenters. The first-order chi connectivity index (χ1) is 8.83. The second-order valence-corrected chi connectivity index (χ2v) is 5.90. The second kappa shape index (κ2) is 6.78. The highest BCUT2D eigenvalue weighted by Gasteiger charge is 2.33. The number of hydrogen-bond acceptors (Lipinski definition) is 4. The van der Waals surface area contributed by atoms with Gasteiger partial charge in [0.1, 0.15) is 5.60 Å². The number of alkyl carbamates (subject to hydrolysis) is 1. The molecule has 1 amide bonds. The zero-order chi connectivity index (χ0) is 14.5. The molecule has 0 aromatic heterocycles. The summed E-state index contributed by atoms with van der Waals surface area (Å²) in [4.78, 5) is 23.6. The molecule has 1 aliphatic rings. The van der Waals surface area contributed by atoms with Gasteiger partial charge in [0.25, 0.3) is 0 Å². The van der Waals surface area contributed by atoms with Crippen molar-refractivity contribution < 1.29 is 19.1 Å². The Morgan fingerprint density at radius 3 is 2.42 bits per heavy atom. The molecule has 0 heterocycles. The van der Waals surface area contributed by atoms with Crippen molar-refractivity contribution in [3.8, 4) is 0 Å². The number of carbonyl (C=O) groups excluding carboxylic acids is 2. The Morgan fingerprint density at radius 2 is 1.84 bits per heavy atom. The third kappa shape index (κ3) is 5.49. The lowest BCUT2D eigenvalue weighted by atomic mass is 9.84. The molecule has 0 aliphatic heterocycles. The highest BCUT2D eigenvalue weighted by molar-refractivity contribution is 5.75. The van der Waals surface area contributed by atoms with E-state index in [4.69, 9.17) is 9.47 Å². The van der Waals surface area contributed by atoms with Crippen molar-refractivity contribution in [3.63, 3.8) is 0 Å². The first-order valence-electron chi connectivity index (χ1n) is 6.99. The summed E-state index contributed by atoms with van der Waals surface area (Å²) >= 11 is 0. The lowest BCUT2D eigenvalue weighted by molar-refractivity contribution is -0.150. The van der Waals surface area contributed by atoms with Gasteiger partial charge in [-0.05, 0) is 40.5 Å². The van der Waals surface area contributed by atoms with Crippen molar-refractivity contribution in [3.05, 3.63) is 0 Å². The Hall–Kier alpha value is -1.26. The summed E-state index contributed by atoms with van der Waals surface area (Å²) in [6, 6.07) is -0.178. The number of esters is 1. The number of rotatable bonds is 3. The predicted molar refractivity (Wildman–Crippen MR) is 71.7 cm³/mol. The highest BCUT2D eigenvalue weighted by atomic mass is 16.6. The van der Waals surface area contributed by atoms with Crippen molar-refractivity contribution in [1.29, 1.82) is 0 Å². The smallest absolute Gasteiger partial charge is 0.407 e. The molecule has 0 spiro atoms. The fourth-order valence-corrected chi connectivity index (χ4v) is 2.29. The zero-order valence-electron chi connectivity index (χ0n) is 12.3. The number of nitrogens with one attached hydrogen (secondary N) is 1. The molecule has 2 atom stereocenters. The summed E-state index contributed by atoms with van der Waals surface area (Å²) in [5.74, 6) is -0.468. The first-order valence-corrected chi connectivity index (χ1v) is 6.99. The minimum Gasteiger partial charge on any atom is -0.466 e. The molecule has 0 radical (unpaired) electrons. The van der Waals surface area contributed by atoms with E-state index >= 15 is 0 Å². The lowest BCUT2D eigenvalue weighted by Crippen LogP contribution is -2.47. The van der Waals surface area contributed by atoms with E-state index in [1.54, 1.807) is 6.92 Å². The highest BCUT2D eigenvalue weighted by Crippen LogP contribution is 2.26. The molecular weight excluding hydrogens is 246 g/mol. The van der Waals surface area contributed by atoms with Gasteiger partial charge in [0.15, 0.2) is 0 Å². The van der Waals surface area contributed by atoms with E-state index < -0.39 is 11.7 Å². The normalized spacial score (nSPS) is 23.6. The average molecular weight is 271 g/mol. The number of carbonyl (C=O) groups is 2. The first kappa shape index (κ1) is 15.8. The second-order valence-electron chi connectivity index (χ2n) is 5.90. The Labute approximate surface area is 115 Å². The van der Waals surface area contributed by atoms with E-state index in [9.17, 15) is 9.59 Å². The van der Waals surface area contributed by atoms with Crippen LogP contribution >= 0.6 is 0 Å². The van der Waals surface area contributed by atoms with Crippen molar-refractivity contribution in [2.75, 3.05) is 6.61 Å². The standard InChI is InChI=1S/C14H25NO4/c1-5-18-12(16)10-8-6-7-9-11(10)15-13(17)19-14(2,3)4/h10-11H,5-9H2,1-4H3,(H,15,17). The van der Waals surface area contributed by atoms with E-state index in [-0.39, 0.29) is 17.9 Å². The molecule has 1 saturated carbocycles. The topological polar surface area (TPSA) is 64.6 Å². The molecule has 0 bridgehead atoms. The van der Waals surface area contributed by atoms with Crippen LogP contribution in [0.1, 0.15) is 53.4 Å². The number of ether oxygens (including phenoxy) is 2. The third-order valence-corrected chi connectivity index (χ3v) is 3.06. The Bertz CT molecular complexity index is 322. The Morgan fingerprint density at radius 1 is 1.21 bits per heavy atom. The van der Waals surface area contributed by atoms with Crippen LogP contribution in [0.25, 0.3) is 0 Å². The zero-order valence-corrected chi connectivity index (χ0v) is 12.3. The molecule has 1 N–H and O–H groups in total. The van der Waals surface area contributed by atoms with Gasteiger partial charge in [-0.25, -0.2) is 4.79 Å². The number of hydrogen-bond donors (Lipinski definition) is 1. The quantitative estimate of drug-likeness (QED) is 0.801. The molecule has 5 heteroatoms. The summed E-state index contributed by atoms with van der Waals surface area (Å²) in [6.45, 7) is 7.61. The monoisotopic (exact) mass is 271 g/mol. The van der Waals surface area contributed by atoms with Crippen LogP contribution in [-0.2, 0) is 14.3 Å². The summed E-state index contributed by atoms with van der Waals surface area (Å²) in [7, 11) is 0. The van der Waals surface area contributed by atoms with Gasteiger partial charge in [-0.15, -0.1) is 0 Å². The number of amides is 1. The maximum absolute atomic E-state index is 11.9. The summed E-state index contributed by atoms with van der Waals surface area (Å²) in [5, 5.41) is 2.80. The molecule has 110 valence electrons. The SMILES string of the molecule is CCOC(=O)C1CCCCC1NC(=O)OC(C)(C)C. The van der Waals surface area contributed by atoms with Gasteiger partial charge in [0.05, 0.1) is 12.5 Å². The third-order valence-electron chi connectivity index (χ3n) is 3.06. The van der Waals surface area contributed by atoms with Crippen LogP contribution in [0.5, 0.6) is 0 Å². The molecule has 5 nitrogen and oxygen atoms in total. The minimum atomic E-state index is -0.530. The van der Waals surface area contributed by atoms with Gasteiger partial charge in [-0.1, -0.05) is 12.8 Å². The van der Waals surface area contributed by atoms with Crippen LogP contribution < -0.4 is 5.32 Å². The van der Waals surface area contributed by atoms with Crippen molar-refractivity contribution >= 4 is 12.1 Å². The van der Waals surface area contributed by atoms with E-state index in [1.807, 2.05) is 20.8 Å². The summed E-state index contributed by atoms with van der Waals surface area (Å²) < 4.78 is 10.3. The Kier molecular flexibility index (Phi) is 5.63. The van der Waals surface area contributed by atoms with Crippen LogP contribution in [0.3, 0.4) is 0 Å². The summed E-state index contributed by atoms with van der Waals surface area (Å²) in [6.07, 6.45) is 3.10. The maximum atomic E-state index is 11.9. The van der Waals surface area contributed by atoms with Gasteiger partial charge < -0.3 is 14.8 Å². The summed E-state index contributed by atoms with van der Waals surface area (Å²) in [5.41, 5.74) is -0.530. The van der Waals surface area contributed by atoms with E-state index in [2.05, 4.69) is 5.32 Å². The molecule has 1 rings (SSSR count). The molecule has 1 aliphatic carbocycles. The average Bonchev–Trinajstić information content (AvgIpc) is 2.27.